The molecule has 0 saturated carbocycles. The van der Waals surface area contributed by atoms with E-state index in [9.17, 15) is 8.78 Å². The zero-order valence-corrected chi connectivity index (χ0v) is 21.6. The molecule has 1 heterocycles. The van der Waals surface area contributed by atoms with Crippen molar-refractivity contribution in [2.45, 2.75) is 6.92 Å². The molecule has 1 aromatic heterocycles. The molecule has 4 aromatic rings. The van der Waals surface area contributed by atoms with Gasteiger partial charge in [0, 0.05) is 17.2 Å². The van der Waals surface area contributed by atoms with E-state index in [2.05, 4.69) is 36.3 Å². The van der Waals surface area contributed by atoms with Crippen LogP contribution in [0, 0.1) is 18.6 Å². The molecule has 0 aliphatic rings. The fourth-order valence-electron chi connectivity index (χ4n) is 3.25. The number of halogens is 4. The molecule has 0 saturated heterocycles. The summed E-state index contributed by atoms with van der Waals surface area (Å²) in [5.74, 6) is 0.163. The summed E-state index contributed by atoms with van der Waals surface area (Å²) in [6.45, 7) is 1.93. The van der Waals surface area contributed by atoms with Crippen molar-refractivity contribution in [3.05, 3.63) is 99.0 Å². The predicted molar refractivity (Wildman–Crippen MR) is 148 cm³/mol. The first kappa shape index (κ1) is 26.8. The number of methoxy groups -OCH3 is 1. The summed E-state index contributed by atoms with van der Waals surface area (Å²) < 4.78 is 33.6. The summed E-state index contributed by atoms with van der Waals surface area (Å²) in [6, 6.07) is 15.7. The second-order valence-electron chi connectivity index (χ2n) is 7.80. The highest BCUT2D eigenvalue weighted by Crippen LogP contribution is 2.28. The van der Waals surface area contributed by atoms with Crippen LogP contribution in [0.5, 0.6) is 5.75 Å². The summed E-state index contributed by atoms with van der Waals surface area (Å²) in [7, 11) is 1.55. The first-order chi connectivity index (χ1) is 18.3. The average molecular weight is 556 g/mol. The number of anilines is 4. The van der Waals surface area contributed by atoms with Crippen LogP contribution < -0.4 is 20.9 Å². The van der Waals surface area contributed by atoms with Gasteiger partial charge in [-0.15, -0.1) is 0 Å². The number of hydrogen-bond donors (Lipinski definition) is 3. The Hall–Kier alpha value is -4.28. The molecule has 3 aromatic carbocycles. The normalized spacial score (nSPS) is 11.2. The molecule has 0 amide bonds. The Bertz CT molecular complexity index is 1390. The lowest BCUT2D eigenvalue weighted by atomic mass is 10.2. The molecule has 8 nitrogen and oxygen atoms in total. The van der Waals surface area contributed by atoms with E-state index in [4.69, 9.17) is 27.9 Å². The van der Waals surface area contributed by atoms with Crippen molar-refractivity contribution in [3.8, 4) is 5.75 Å². The summed E-state index contributed by atoms with van der Waals surface area (Å²) in [5.41, 5.74) is 7.30. The van der Waals surface area contributed by atoms with E-state index in [0.717, 1.165) is 5.56 Å². The Morgan fingerprint density at radius 2 is 1.37 bits per heavy atom. The van der Waals surface area contributed by atoms with Crippen LogP contribution in [-0.4, -0.2) is 29.5 Å². The highest BCUT2D eigenvalue weighted by Gasteiger charge is 2.10. The van der Waals surface area contributed by atoms with E-state index in [1.54, 1.807) is 19.2 Å². The minimum Gasteiger partial charge on any atom is -0.495 e. The van der Waals surface area contributed by atoms with E-state index in [0.29, 0.717) is 11.4 Å². The van der Waals surface area contributed by atoms with E-state index in [1.807, 2.05) is 25.1 Å². The second-order valence-corrected chi connectivity index (χ2v) is 8.62. The Labute approximate surface area is 227 Å². The van der Waals surface area contributed by atoms with Gasteiger partial charge in [-0.05, 0) is 48.9 Å². The predicted octanol–water partition coefficient (Wildman–Crippen LogP) is 7.01. The van der Waals surface area contributed by atoms with Crippen molar-refractivity contribution in [3.63, 3.8) is 0 Å². The summed E-state index contributed by atoms with van der Waals surface area (Å²) in [4.78, 5) is 8.80. The zero-order valence-electron chi connectivity index (χ0n) is 20.1. The number of aromatic nitrogens is 2. The first-order valence-electron chi connectivity index (χ1n) is 11.1. The highest BCUT2D eigenvalue weighted by molar-refractivity contribution is 6.33. The zero-order chi connectivity index (χ0) is 27.1. The second kappa shape index (κ2) is 12.3. The van der Waals surface area contributed by atoms with Gasteiger partial charge in [0.05, 0.1) is 35.3 Å². The maximum absolute atomic E-state index is 14.1. The van der Waals surface area contributed by atoms with E-state index in [-0.39, 0.29) is 38.8 Å². The summed E-state index contributed by atoms with van der Waals surface area (Å²) in [6.07, 6.45) is 2.48. The Kier molecular flexibility index (Phi) is 8.67. The maximum atomic E-state index is 14.1. The minimum atomic E-state index is -0.525. The molecule has 0 fully saturated rings. The van der Waals surface area contributed by atoms with Crippen molar-refractivity contribution in [2.24, 2.45) is 10.2 Å². The lowest BCUT2D eigenvalue weighted by Gasteiger charge is -2.12. The summed E-state index contributed by atoms with van der Waals surface area (Å²) in [5, 5.41) is 11.6. The van der Waals surface area contributed by atoms with Gasteiger partial charge in [-0.1, -0.05) is 41.4 Å². The van der Waals surface area contributed by atoms with E-state index < -0.39 is 11.6 Å². The van der Waals surface area contributed by atoms with Crippen LogP contribution in [0.2, 0.25) is 10.0 Å². The van der Waals surface area contributed by atoms with Gasteiger partial charge < -0.3 is 10.1 Å². The smallest absolute Gasteiger partial charge is 0.231 e. The van der Waals surface area contributed by atoms with Crippen LogP contribution in [0.1, 0.15) is 16.7 Å². The van der Waals surface area contributed by atoms with Gasteiger partial charge >= 0.3 is 0 Å². The standard InChI is InChI=1S/C26H21Cl2F2N7O/c1-15-9-10-23(38-2)22(11-15)33-26-34-24(36-31-13-16-18(27)5-3-7-20(16)29)12-25(35-26)37-32-14-17-19(28)6-4-8-21(17)30/h3-14H,1-2H3,(H3,33,34,35,36,37). The fourth-order valence-corrected chi connectivity index (χ4v) is 3.68. The number of benzene rings is 3. The van der Waals surface area contributed by atoms with Crippen molar-refractivity contribution >= 4 is 58.9 Å². The van der Waals surface area contributed by atoms with E-state index in [1.165, 1.54) is 42.8 Å². The van der Waals surface area contributed by atoms with Gasteiger partial charge in [0.2, 0.25) is 5.95 Å². The van der Waals surface area contributed by atoms with Crippen LogP contribution in [-0.2, 0) is 0 Å². The number of nitrogens with zero attached hydrogens (tertiary/aromatic N) is 4. The molecule has 0 bridgehead atoms. The van der Waals surface area contributed by atoms with Gasteiger partial charge in [-0.2, -0.15) is 20.2 Å². The van der Waals surface area contributed by atoms with Crippen molar-refractivity contribution < 1.29 is 13.5 Å². The van der Waals surface area contributed by atoms with Crippen LogP contribution in [0.25, 0.3) is 0 Å². The molecule has 0 aliphatic heterocycles. The molecular weight excluding hydrogens is 535 g/mol. The Morgan fingerprint density at radius 1 is 0.816 bits per heavy atom. The highest BCUT2D eigenvalue weighted by atomic mass is 35.5. The van der Waals surface area contributed by atoms with Gasteiger partial charge in [0.25, 0.3) is 0 Å². The lowest BCUT2D eigenvalue weighted by Crippen LogP contribution is -2.05. The van der Waals surface area contributed by atoms with Crippen LogP contribution >= 0.6 is 23.2 Å². The van der Waals surface area contributed by atoms with E-state index >= 15 is 0 Å². The molecule has 12 heteroatoms. The SMILES string of the molecule is COc1ccc(C)cc1Nc1nc(NN=Cc2c(F)cccc2Cl)cc(NN=Cc2c(F)cccc2Cl)n1. The number of hydrazone groups is 2. The van der Waals surface area contributed by atoms with Gasteiger partial charge in [-0.25, -0.2) is 8.78 Å². The third kappa shape index (κ3) is 6.72. The number of ether oxygens (including phenoxy) is 1. The first-order valence-corrected chi connectivity index (χ1v) is 11.9. The molecule has 4 rings (SSSR count). The van der Waals surface area contributed by atoms with Crippen molar-refractivity contribution in [1.29, 1.82) is 0 Å². The van der Waals surface area contributed by atoms with Crippen LogP contribution in [0.4, 0.5) is 32.1 Å². The molecule has 0 spiro atoms. The van der Waals surface area contributed by atoms with Gasteiger partial charge in [0.15, 0.2) is 11.6 Å². The largest absolute Gasteiger partial charge is 0.495 e. The third-order valence-electron chi connectivity index (χ3n) is 5.07. The molecule has 38 heavy (non-hydrogen) atoms. The number of hydrogen-bond acceptors (Lipinski definition) is 8. The molecule has 194 valence electrons. The third-order valence-corrected chi connectivity index (χ3v) is 5.73. The number of nitrogens with one attached hydrogen (secondary N) is 3. The Balaban J connectivity index is 1.63. The Morgan fingerprint density at radius 3 is 1.87 bits per heavy atom. The average Bonchev–Trinajstić information content (AvgIpc) is 2.88. The van der Waals surface area contributed by atoms with Gasteiger partial charge in [-0.3, -0.25) is 10.9 Å². The molecule has 0 atom stereocenters. The fraction of sp³-hybridized carbons (Fsp3) is 0.0769. The maximum Gasteiger partial charge on any atom is 0.231 e. The van der Waals surface area contributed by atoms with Crippen molar-refractivity contribution in [2.75, 3.05) is 23.3 Å². The monoisotopic (exact) mass is 555 g/mol. The minimum absolute atomic E-state index is 0.114. The molecule has 0 radical (unpaired) electrons. The van der Waals surface area contributed by atoms with Crippen molar-refractivity contribution in [1.82, 2.24) is 9.97 Å². The molecule has 3 N–H and O–H groups in total. The van der Waals surface area contributed by atoms with Crippen LogP contribution in [0.15, 0.2) is 70.9 Å². The number of aryl methyl sites for hydroxylation is 1. The van der Waals surface area contributed by atoms with Gasteiger partial charge in [0.1, 0.15) is 17.4 Å². The molecule has 0 aliphatic carbocycles. The molecular formula is C26H21Cl2F2N7O. The number of rotatable bonds is 9. The lowest BCUT2D eigenvalue weighted by molar-refractivity contribution is 0.416. The summed E-state index contributed by atoms with van der Waals surface area (Å²) >= 11 is 12.1. The molecule has 0 unspecified atom stereocenters. The quantitative estimate of drug-likeness (QED) is 0.152. The van der Waals surface area contributed by atoms with Crippen LogP contribution in [0.3, 0.4) is 0 Å². The topological polar surface area (TPSA) is 95.8 Å².